The van der Waals surface area contributed by atoms with Gasteiger partial charge in [0.1, 0.15) is 0 Å². The van der Waals surface area contributed by atoms with Crippen LogP contribution in [0.2, 0.25) is 0 Å². The van der Waals surface area contributed by atoms with Gasteiger partial charge in [-0.05, 0) is 39.3 Å². The maximum absolute atomic E-state index is 10.8. The summed E-state index contributed by atoms with van der Waals surface area (Å²) in [6.07, 6.45) is 10.6. The molecule has 1 heterocycles. The minimum Gasteiger partial charge on any atom is -0.481 e. The lowest BCUT2D eigenvalue weighted by molar-refractivity contribution is -0.145. The van der Waals surface area contributed by atoms with Crippen LogP contribution in [0.5, 0.6) is 0 Å². The predicted molar refractivity (Wildman–Crippen MR) is 85.7 cm³/mol. The molecule has 0 bridgehead atoms. The Hall–Kier alpha value is -1.88. The van der Waals surface area contributed by atoms with Gasteiger partial charge < -0.3 is 10.2 Å². The molecule has 5 heteroatoms. The zero-order valence-electron chi connectivity index (χ0n) is 13.1. The van der Waals surface area contributed by atoms with Crippen LogP contribution in [-0.2, 0) is 9.59 Å². The fourth-order valence-corrected chi connectivity index (χ4v) is 2.51. The zero-order chi connectivity index (χ0) is 16.6. The van der Waals surface area contributed by atoms with E-state index in [1.807, 2.05) is 6.08 Å². The van der Waals surface area contributed by atoms with Crippen molar-refractivity contribution in [2.24, 2.45) is 5.41 Å². The van der Waals surface area contributed by atoms with Crippen LogP contribution in [0.1, 0.15) is 32.6 Å². The summed E-state index contributed by atoms with van der Waals surface area (Å²) < 4.78 is 0. The number of carboxylic acid groups (broad SMARTS) is 2. The molecule has 1 atom stereocenters. The van der Waals surface area contributed by atoms with E-state index in [-0.39, 0.29) is 12.0 Å². The van der Waals surface area contributed by atoms with Gasteiger partial charge in [0, 0.05) is 12.1 Å². The molecular formula is C17H25NO4. The Balaban J connectivity index is 0.000000235. The molecule has 1 unspecified atom stereocenters. The minimum absolute atomic E-state index is 0.0359. The van der Waals surface area contributed by atoms with Gasteiger partial charge in [0.15, 0.2) is 0 Å². The lowest BCUT2D eigenvalue weighted by Gasteiger charge is -2.24. The van der Waals surface area contributed by atoms with E-state index in [4.69, 9.17) is 10.2 Å². The molecule has 2 N–H and O–H groups in total. The number of carbonyl (C=O) groups is 2. The number of rotatable bonds is 4. The van der Waals surface area contributed by atoms with Crippen molar-refractivity contribution in [3.05, 3.63) is 36.5 Å². The second kappa shape index (κ2) is 8.54. The Morgan fingerprint density at radius 3 is 2.45 bits per heavy atom. The van der Waals surface area contributed by atoms with Crippen LogP contribution in [-0.4, -0.2) is 46.7 Å². The second-order valence-corrected chi connectivity index (χ2v) is 5.91. The molecule has 0 spiro atoms. The molecule has 122 valence electrons. The monoisotopic (exact) mass is 307 g/mol. The van der Waals surface area contributed by atoms with Crippen molar-refractivity contribution in [2.75, 3.05) is 19.6 Å². The van der Waals surface area contributed by atoms with Crippen molar-refractivity contribution in [3.8, 4) is 0 Å². The highest BCUT2D eigenvalue weighted by Crippen LogP contribution is 2.31. The summed E-state index contributed by atoms with van der Waals surface area (Å²) in [6, 6.07) is 0. The van der Waals surface area contributed by atoms with Gasteiger partial charge in [-0.2, -0.15) is 0 Å². The van der Waals surface area contributed by atoms with Gasteiger partial charge >= 0.3 is 11.9 Å². The summed E-state index contributed by atoms with van der Waals surface area (Å²) in [4.78, 5) is 23.8. The van der Waals surface area contributed by atoms with Crippen LogP contribution >= 0.6 is 0 Å². The third-order valence-corrected chi connectivity index (χ3v) is 3.92. The molecule has 0 amide bonds. The Labute approximate surface area is 131 Å². The smallest absolute Gasteiger partial charge is 0.331 e. The minimum atomic E-state index is -1.08. The molecule has 1 aliphatic carbocycles. The maximum Gasteiger partial charge on any atom is 0.331 e. The average molecular weight is 307 g/mol. The molecule has 0 aromatic carbocycles. The molecular weight excluding hydrogens is 282 g/mol. The summed E-state index contributed by atoms with van der Waals surface area (Å²) in [5, 5.41) is 17.5. The van der Waals surface area contributed by atoms with Crippen molar-refractivity contribution >= 4 is 11.9 Å². The number of aliphatic carboxylic acids is 2. The molecule has 0 saturated carbocycles. The molecule has 0 radical (unpaired) electrons. The molecule has 1 saturated heterocycles. The number of nitrogens with zero attached hydrogens (tertiary/aromatic N) is 1. The number of hydrogen-bond donors (Lipinski definition) is 2. The van der Waals surface area contributed by atoms with Gasteiger partial charge in [-0.1, -0.05) is 30.7 Å². The second-order valence-electron chi connectivity index (χ2n) is 5.91. The van der Waals surface area contributed by atoms with Crippen LogP contribution in [0.4, 0.5) is 0 Å². The number of allylic oxidation sites excluding steroid dienone is 2. The molecule has 1 aliphatic heterocycles. The summed E-state index contributed by atoms with van der Waals surface area (Å²) >= 11 is 0. The van der Waals surface area contributed by atoms with Crippen molar-refractivity contribution < 1.29 is 19.8 Å². The molecule has 2 rings (SSSR count). The van der Waals surface area contributed by atoms with Gasteiger partial charge in [-0.3, -0.25) is 9.69 Å². The van der Waals surface area contributed by atoms with Crippen LogP contribution in [0.25, 0.3) is 0 Å². The van der Waals surface area contributed by atoms with E-state index in [1.165, 1.54) is 57.5 Å². The maximum atomic E-state index is 10.8. The van der Waals surface area contributed by atoms with Crippen molar-refractivity contribution in [3.63, 3.8) is 0 Å². The van der Waals surface area contributed by atoms with Gasteiger partial charge in [0.25, 0.3) is 0 Å². The third kappa shape index (κ3) is 5.48. The number of likely N-dealkylation sites (tertiary alicyclic amines) is 1. The van der Waals surface area contributed by atoms with Gasteiger partial charge in [0.2, 0.25) is 0 Å². The fraction of sp³-hybridized carbons (Fsp3) is 0.529. The fourth-order valence-electron chi connectivity index (χ4n) is 2.51. The zero-order valence-corrected chi connectivity index (χ0v) is 13.1. The van der Waals surface area contributed by atoms with Crippen LogP contribution < -0.4 is 0 Å². The first kappa shape index (κ1) is 18.2. The molecule has 1 fully saturated rings. The van der Waals surface area contributed by atoms with Gasteiger partial charge in [-0.25, -0.2) is 4.79 Å². The topological polar surface area (TPSA) is 77.8 Å². The Morgan fingerprint density at radius 2 is 1.95 bits per heavy atom. The van der Waals surface area contributed by atoms with E-state index >= 15 is 0 Å². The van der Waals surface area contributed by atoms with Crippen molar-refractivity contribution in [1.82, 2.24) is 4.90 Å². The first-order valence-corrected chi connectivity index (χ1v) is 7.57. The number of hydrogen-bond acceptors (Lipinski definition) is 3. The lowest BCUT2D eigenvalue weighted by Crippen LogP contribution is -2.29. The lowest BCUT2D eigenvalue weighted by atomic mass is 9.80. The van der Waals surface area contributed by atoms with Crippen LogP contribution in [0.3, 0.4) is 0 Å². The first-order valence-electron chi connectivity index (χ1n) is 7.57. The Morgan fingerprint density at radius 1 is 1.32 bits per heavy atom. The van der Waals surface area contributed by atoms with E-state index < -0.39 is 17.4 Å². The van der Waals surface area contributed by atoms with Crippen LogP contribution in [0.15, 0.2) is 36.5 Å². The molecule has 5 nitrogen and oxygen atoms in total. The SMILES string of the molecule is C=CCN1CCCCC1.CC1(C(=O)O)C=CC=C(C(=O)O)C1. The number of piperidine rings is 1. The Bertz CT molecular complexity index is 475. The largest absolute Gasteiger partial charge is 0.481 e. The predicted octanol–water partition coefficient (Wildman–Crippen LogP) is 2.71. The molecule has 22 heavy (non-hydrogen) atoms. The van der Waals surface area contributed by atoms with E-state index in [9.17, 15) is 9.59 Å². The van der Waals surface area contributed by atoms with E-state index in [1.54, 1.807) is 0 Å². The van der Waals surface area contributed by atoms with Crippen LogP contribution in [0, 0.1) is 5.41 Å². The number of carboxylic acids is 2. The average Bonchev–Trinajstić information content (AvgIpc) is 2.49. The van der Waals surface area contributed by atoms with Crippen molar-refractivity contribution in [2.45, 2.75) is 32.6 Å². The highest BCUT2D eigenvalue weighted by molar-refractivity contribution is 5.90. The molecule has 0 aromatic rings. The Kier molecular flexibility index (Phi) is 7.05. The van der Waals surface area contributed by atoms with Gasteiger partial charge in [0.05, 0.1) is 5.41 Å². The summed E-state index contributed by atoms with van der Waals surface area (Å²) in [7, 11) is 0. The normalized spacial score (nSPS) is 24.7. The molecule has 2 aliphatic rings. The highest BCUT2D eigenvalue weighted by Gasteiger charge is 2.34. The summed E-state index contributed by atoms with van der Waals surface area (Å²) in [5.41, 5.74) is -0.949. The standard InChI is InChI=1S/C9H10O4.C8H15N/c1-9(8(12)13)4-2-3-6(5-9)7(10)11;1-2-6-9-7-4-3-5-8-9/h2-4H,5H2,1H3,(H,10,11)(H,12,13);2H,1,3-8H2. The van der Waals surface area contributed by atoms with E-state index in [0.29, 0.717) is 0 Å². The first-order chi connectivity index (χ1) is 10.4. The summed E-state index contributed by atoms with van der Waals surface area (Å²) in [5.74, 6) is -2.06. The summed E-state index contributed by atoms with van der Waals surface area (Å²) in [6.45, 7) is 8.87. The third-order valence-electron chi connectivity index (χ3n) is 3.92. The highest BCUT2D eigenvalue weighted by atomic mass is 16.4. The van der Waals surface area contributed by atoms with Gasteiger partial charge in [-0.15, -0.1) is 6.58 Å². The van der Waals surface area contributed by atoms with E-state index in [0.717, 1.165) is 6.54 Å². The quantitative estimate of drug-likeness (QED) is 0.781. The van der Waals surface area contributed by atoms with Crippen molar-refractivity contribution in [1.29, 1.82) is 0 Å². The van der Waals surface area contributed by atoms with E-state index in [2.05, 4.69) is 11.5 Å². The molecule has 0 aromatic heterocycles.